The second-order valence-corrected chi connectivity index (χ2v) is 18.3. The molecule has 4 aromatic rings. The zero-order chi connectivity index (χ0) is 36.1. The van der Waals surface area contributed by atoms with Gasteiger partial charge in [0.2, 0.25) is 5.91 Å². The summed E-state index contributed by atoms with van der Waals surface area (Å²) >= 11 is 0. The number of rotatable bonds is 11. The minimum atomic E-state index is -2.88. The number of aliphatic hydroxyl groups excluding tert-OH is 1. The van der Waals surface area contributed by atoms with E-state index >= 15 is 0 Å². The Labute approximate surface area is 297 Å². The molecular weight excluding hydrogens is 667 g/mol. The Hall–Kier alpha value is -4.69. The van der Waals surface area contributed by atoms with E-state index in [9.17, 15) is 24.3 Å². The van der Waals surface area contributed by atoms with E-state index in [0.29, 0.717) is 24.3 Å². The summed E-state index contributed by atoms with van der Waals surface area (Å²) in [5, 5.41) is 18.9. The first-order chi connectivity index (χ1) is 24.4. The number of carbonyl (C=O) groups is 3. The van der Waals surface area contributed by atoms with E-state index in [1.54, 1.807) is 15.6 Å². The fourth-order valence-electron chi connectivity index (χ4n) is 8.33. The predicted molar refractivity (Wildman–Crippen MR) is 191 cm³/mol. The molecule has 2 saturated heterocycles. The van der Waals surface area contributed by atoms with E-state index < -0.39 is 32.2 Å². The number of benzene rings is 3. The number of aliphatic hydroxyl groups is 1. The molecule has 3 aliphatic rings. The van der Waals surface area contributed by atoms with Crippen LogP contribution in [0.3, 0.4) is 0 Å². The van der Waals surface area contributed by atoms with E-state index in [4.69, 9.17) is 9.47 Å². The molecule has 4 heterocycles. The lowest BCUT2D eigenvalue weighted by Gasteiger charge is -2.39. The third-order valence-corrected chi connectivity index (χ3v) is 13.1. The quantitative estimate of drug-likeness (QED) is 0.131. The molecule has 3 aromatic carbocycles. The molecule has 1 aromatic heterocycles. The van der Waals surface area contributed by atoms with Gasteiger partial charge in [-0.2, -0.15) is 0 Å². The lowest BCUT2D eigenvalue weighted by molar-refractivity contribution is -0.154. The minimum absolute atomic E-state index is 0.103. The van der Waals surface area contributed by atoms with Crippen molar-refractivity contribution < 1.29 is 33.8 Å². The minimum Gasteiger partial charge on any atom is -0.441 e. The monoisotopic (exact) mass is 709 g/mol. The Kier molecular flexibility index (Phi) is 9.17. The van der Waals surface area contributed by atoms with Crippen LogP contribution in [0.25, 0.3) is 0 Å². The van der Waals surface area contributed by atoms with Gasteiger partial charge < -0.3 is 24.3 Å². The SMILES string of the molecule is CC(=O)OC1CC(=O)N1c1cccc(CN2C(=O)[C@]3(O[C@H](CCn4cc(C(CO)c5ccccc5)nn4)[C@@H]([Si](C)(C)O)[C@@H]3C)c3ccccc32)c1. The summed E-state index contributed by atoms with van der Waals surface area (Å²) in [5.41, 5.74) is 2.95. The van der Waals surface area contributed by atoms with E-state index in [1.807, 2.05) is 99.0 Å². The highest BCUT2D eigenvalue weighted by atomic mass is 28.4. The number of amides is 2. The molecule has 51 heavy (non-hydrogen) atoms. The van der Waals surface area contributed by atoms with Gasteiger partial charge in [-0.1, -0.05) is 72.8 Å². The summed E-state index contributed by atoms with van der Waals surface area (Å²) in [5.74, 6) is -1.43. The number of ether oxygens (including phenoxy) is 2. The standard InChI is InChI=1S/C38H43N5O7Si/c1-24-36(51(3,4)48)33(17-18-41-22-31(39-40-41)29(23-44)27-12-6-5-7-13-27)50-38(24)30-15-8-9-16-32(30)42(37(38)47)21-26-11-10-14-28(19-26)43-34(46)20-35(43)49-25(2)45/h5-16,19,22,24,29,33,35-36,44,48H,17-18,20-21,23H2,1-4H3/t24-,29?,33+,35?,36-,38+/m0/s1. The van der Waals surface area contributed by atoms with Crippen molar-refractivity contribution in [3.63, 3.8) is 0 Å². The second-order valence-electron chi connectivity index (χ2n) is 14.3. The van der Waals surface area contributed by atoms with Gasteiger partial charge in [0.25, 0.3) is 5.91 Å². The van der Waals surface area contributed by atoms with Gasteiger partial charge in [-0.05, 0) is 48.8 Å². The van der Waals surface area contributed by atoms with Crippen LogP contribution >= 0.6 is 0 Å². The summed E-state index contributed by atoms with van der Waals surface area (Å²) in [7, 11) is -2.88. The smallest absolute Gasteiger partial charge is 0.304 e. The van der Waals surface area contributed by atoms with Gasteiger partial charge in [0.15, 0.2) is 20.1 Å². The maximum atomic E-state index is 14.8. The lowest BCUT2D eigenvalue weighted by Crippen LogP contribution is -2.54. The third kappa shape index (κ3) is 6.17. The number of nitrogens with zero attached hydrogens (tertiary/aromatic N) is 5. The fraction of sp³-hybridized carbons (Fsp3) is 0.395. The third-order valence-electron chi connectivity index (χ3n) is 10.6. The first-order valence-corrected chi connectivity index (χ1v) is 20.4. The van der Waals surface area contributed by atoms with E-state index in [-0.39, 0.29) is 48.8 Å². The Morgan fingerprint density at radius 2 is 1.82 bits per heavy atom. The zero-order valence-electron chi connectivity index (χ0n) is 29.2. The van der Waals surface area contributed by atoms with Gasteiger partial charge in [0.1, 0.15) is 0 Å². The molecule has 2 amide bonds. The Bertz CT molecular complexity index is 1950. The molecule has 0 saturated carbocycles. The van der Waals surface area contributed by atoms with E-state index in [1.165, 1.54) is 11.8 Å². The van der Waals surface area contributed by atoms with Crippen LogP contribution in [0.2, 0.25) is 18.6 Å². The molecule has 3 aliphatic heterocycles. The summed E-state index contributed by atoms with van der Waals surface area (Å²) in [6.45, 7) is 7.70. The molecule has 0 aliphatic carbocycles. The average Bonchev–Trinajstić information content (AvgIpc) is 3.75. The molecule has 0 bridgehead atoms. The van der Waals surface area contributed by atoms with E-state index in [0.717, 1.165) is 22.4 Å². The number of anilines is 2. The second kappa shape index (κ2) is 13.5. The number of hydrogen-bond donors (Lipinski definition) is 2. The number of carbonyl (C=O) groups excluding carboxylic acids is 3. The fourth-order valence-corrected chi connectivity index (χ4v) is 10.9. The number of para-hydroxylation sites is 1. The van der Waals surface area contributed by atoms with Gasteiger partial charge in [0.05, 0.1) is 43.0 Å². The van der Waals surface area contributed by atoms with Crippen LogP contribution in [0.1, 0.15) is 55.0 Å². The number of aryl methyl sites for hydroxylation is 1. The van der Waals surface area contributed by atoms with Crippen LogP contribution in [0.15, 0.2) is 85.1 Å². The van der Waals surface area contributed by atoms with E-state index in [2.05, 4.69) is 10.3 Å². The summed E-state index contributed by atoms with van der Waals surface area (Å²) in [6.07, 6.45) is 1.38. The van der Waals surface area contributed by atoms with Gasteiger partial charge in [0, 0.05) is 42.4 Å². The van der Waals surface area contributed by atoms with Crippen molar-refractivity contribution in [2.45, 2.75) is 82.3 Å². The van der Waals surface area contributed by atoms with Gasteiger partial charge in [-0.15, -0.1) is 5.10 Å². The summed E-state index contributed by atoms with van der Waals surface area (Å²) in [4.78, 5) is 53.8. The van der Waals surface area contributed by atoms with Crippen LogP contribution in [0.5, 0.6) is 0 Å². The van der Waals surface area contributed by atoms with Crippen LogP contribution < -0.4 is 9.80 Å². The van der Waals surface area contributed by atoms with Crippen LogP contribution in [0, 0.1) is 5.92 Å². The number of esters is 1. The predicted octanol–water partition coefficient (Wildman–Crippen LogP) is 4.46. The highest BCUT2D eigenvalue weighted by Crippen LogP contribution is 2.59. The van der Waals surface area contributed by atoms with Crippen LogP contribution in [-0.2, 0) is 42.5 Å². The van der Waals surface area contributed by atoms with Crippen LogP contribution in [-0.4, -0.2) is 69.9 Å². The number of β-lactam (4-membered cyclic amide) rings is 1. The van der Waals surface area contributed by atoms with Gasteiger partial charge in [-0.3, -0.25) is 24.0 Å². The molecule has 2 fully saturated rings. The average molecular weight is 710 g/mol. The molecule has 266 valence electrons. The molecular formula is C38H43N5O7Si. The van der Waals surface area contributed by atoms with Gasteiger partial charge in [-0.25, -0.2) is 0 Å². The molecule has 2 unspecified atom stereocenters. The summed E-state index contributed by atoms with van der Waals surface area (Å²) in [6, 6.07) is 24.7. The molecule has 1 spiro atoms. The lowest BCUT2D eigenvalue weighted by atomic mass is 9.82. The highest BCUT2D eigenvalue weighted by Gasteiger charge is 2.66. The van der Waals surface area contributed by atoms with Crippen molar-refractivity contribution >= 4 is 37.5 Å². The van der Waals surface area contributed by atoms with Gasteiger partial charge >= 0.3 is 5.97 Å². The number of hydrogen-bond acceptors (Lipinski definition) is 9. The first-order valence-electron chi connectivity index (χ1n) is 17.4. The largest absolute Gasteiger partial charge is 0.441 e. The maximum Gasteiger partial charge on any atom is 0.304 e. The topological polar surface area (TPSA) is 147 Å². The molecule has 7 rings (SSSR count). The van der Waals surface area contributed by atoms with Crippen molar-refractivity contribution in [3.8, 4) is 0 Å². The highest BCUT2D eigenvalue weighted by molar-refractivity contribution is 6.71. The Morgan fingerprint density at radius 1 is 1.08 bits per heavy atom. The maximum absolute atomic E-state index is 14.8. The van der Waals surface area contributed by atoms with Crippen molar-refractivity contribution in [2.24, 2.45) is 5.92 Å². The molecule has 2 N–H and O–H groups in total. The number of aromatic nitrogens is 3. The number of fused-ring (bicyclic) bond motifs is 2. The zero-order valence-corrected chi connectivity index (χ0v) is 30.2. The van der Waals surface area contributed by atoms with Crippen LogP contribution in [0.4, 0.5) is 11.4 Å². The molecule has 0 radical (unpaired) electrons. The van der Waals surface area contributed by atoms with Crippen molar-refractivity contribution in [2.75, 3.05) is 16.4 Å². The Balaban J connectivity index is 1.14. The molecule has 12 nitrogen and oxygen atoms in total. The first kappa shape index (κ1) is 34.7. The molecule has 13 heteroatoms. The van der Waals surface area contributed by atoms with Crippen molar-refractivity contribution in [1.82, 2.24) is 15.0 Å². The summed E-state index contributed by atoms with van der Waals surface area (Å²) < 4.78 is 14.0. The molecule has 6 atom stereocenters. The van der Waals surface area contributed by atoms with Crippen molar-refractivity contribution in [1.29, 1.82) is 0 Å². The van der Waals surface area contributed by atoms with Crippen molar-refractivity contribution in [3.05, 3.63) is 107 Å². The normalized spacial score (nSPS) is 24.9. The Morgan fingerprint density at radius 3 is 2.53 bits per heavy atom.